The Morgan fingerprint density at radius 1 is 1.14 bits per heavy atom. The van der Waals surface area contributed by atoms with E-state index in [2.05, 4.69) is 6.07 Å². The van der Waals surface area contributed by atoms with Gasteiger partial charge in [-0.1, -0.05) is 67.4 Å². The van der Waals surface area contributed by atoms with Gasteiger partial charge in [0.1, 0.15) is 26.8 Å². The van der Waals surface area contributed by atoms with Gasteiger partial charge in [0.15, 0.2) is 0 Å². The topological polar surface area (TPSA) is 70.3 Å². The first kappa shape index (κ1) is 20.3. The predicted octanol–water partition coefficient (Wildman–Crippen LogP) is 5.96. The lowest BCUT2D eigenvalue weighted by Gasteiger charge is -2.16. The van der Waals surface area contributed by atoms with Crippen LogP contribution in [0.4, 0.5) is 0 Å². The van der Waals surface area contributed by atoms with E-state index in [-0.39, 0.29) is 10.9 Å². The number of hydrogen-bond acceptors (Lipinski definition) is 3. The minimum absolute atomic E-state index is 0.112. The zero-order valence-electron chi connectivity index (χ0n) is 15.4. The molecule has 0 unspecified atom stereocenters. The molecule has 1 aliphatic rings. The standard InChI is InChI=1S/C22H19Cl2NO3/c1-20(2)21(14-25,13-18(23)24)22(20,19(26)27)12-15-7-6-10-17(11-15)28-16-8-4-3-5-9-16/h3-11,13H,12H2,1-2H3,(H,26,27)/t21-,22+/m1/s1. The molecule has 2 aromatic rings. The maximum Gasteiger partial charge on any atom is 0.312 e. The molecule has 0 bridgehead atoms. The molecule has 28 heavy (non-hydrogen) atoms. The zero-order chi connectivity index (χ0) is 20.6. The third kappa shape index (κ3) is 2.96. The van der Waals surface area contributed by atoms with Crippen molar-refractivity contribution in [3.05, 3.63) is 70.7 Å². The number of carbonyl (C=O) groups is 1. The van der Waals surface area contributed by atoms with Crippen LogP contribution in [0.5, 0.6) is 11.5 Å². The molecular weight excluding hydrogens is 397 g/mol. The first-order valence-corrected chi connectivity index (χ1v) is 9.46. The summed E-state index contributed by atoms with van der Waals surface area (Å²) in [6, 6.07) is 18.7. The summed E-state index contributed by atoms with van der Waals surface area (Å²) in [7, 11) is 0. The van der Waals surface area contributed by atoms with Crippen molar-refractivity contribution in [2.75, 3.05) is 0 Å². The third-order valence-electron chi connectivity index (χ3n) is 5.88. The van der Waals surface area contributed by atoms with Gasteiger partial charge in [0.2, 0.25) is 0 Å². The summed E-state index contributed by atoms with van der Waals surface area (Å²) in [4.78, 5) is 12.3. The Kier molecular flexibility index (Phi) is 5.18. The molecule has 1 fully saturated rings. The van der Waals surface area contributed by atoms with Crippen molar-refractivity contribution < 1.29 is 14.6 Å². The lowest BCUT2D eigenvalue weighted by atomic mass is 9.86. The minimum atomic E-state index is -1.35. The molecule has 0 amide bonds. The Bertz CT molecular complexity index is 977. The number of nitrogens with zero attached hydrogens (tertiary/aromatic N) is 1. The van der Waals surface area contributed by atoms with Crippen LogP contribution in [-0.4, -0.2) is 11.1 Å². The Balaban J connectivity index is 1.97. The van der Waals surface area contributed by atoms with E-state index in [9.17, 15) is 15.2 Å². The average molecular weight is 416 g/mol. The number of rotatable bonds is 6. The number of hydrogen-bond donors (Lipinski definition) is 1. The molecule has 0 spiro atoms. The molecule has 6 heteroatoms. The summed E-state index contributed by atoms with van der Waals surface area (Å²) in [5.41, 5.74) is -2.76. The first-order valence-electron chi connectivity index (χ1n) is 8.70. The van der Waals surface area contributed by atoms with E-state index in [0.29, 0.717) is 11.5 Å². The van der Waals surface area contributed by atoms with Crippen molar-refractivity contribution in [1.82, 2.24) is 0 Å². The Labute approximate surface area is 174 Å². The molecule has 1 saturated carbocycles. The van der Waals surface area contributed by atoms with E-state index in [0.717, 1.165) is 5.56 Å². The molecule has 0 aliphatic heterocycles. The SMILES string of the molecule is CC1(C)[C@](C#N)(C=C(Cl)Cl)[C@@]1(Cc1cccc(Oc2ccccc2)c1)C(=O)O. The van der Waals surface area contributed by atoms with E-state index in [1.165, 1.54) is 6.08 Å². The van der Waals surface area contributed by atoms with Gasteiger partial charge < -0.3 is 9.84 Å². The summed E-state index contributed by atoms with van der Waals surface area (Å²) in [5.74, 6) is 0.220. The van der Waals surface area contributed by atoms with Crippen molar-refractivity contribution >= 4 is 29.2 Å². The molecule has 0 saturated heterocycles. The number of nitriles is 1. The Hall–Kier alpha value is -2.48. The number of benzene rings is 2. The Morgan fingerprint density at radius 3 is 2.36 bits per heavy atom. The van der Waals surface area contributed by atoms with Gasteiger partial charge in [-0.25, -0.2) is 0 Å². The molecule has 0 heterocycles. The van der Waals surface area contributed by atoms with Gasteiger partial charge in [0.25, 0.3) is 0 Å². The van der Waals surface area contributed by atoms with E-state index >= 15 is 0 Å². The highest BCUT2D eigenvalue weighted by molar-refractivity contribution is 6.56. The fraction of sp³-hybridized carbons (Fsp3) is 0.273. The summed E-state index contributed by atoms with van der Waals surface area (Å²) >= 11 is 11.6. The molecule has 0 aromatic heterocycles. The number of halogens is 2. The van der Waals surface area contributed by atoms with E-state index in [1.807, 2.05) is 36.4 Å². The van der Waals surface area contributed by atoms with Gasteiger partial charge in [0.05, 0.1) is 6.07 Å². The van der Waals surface area contributed by atoms with Crippen LogP contribution in [0.3, 0.4) is 0 Å². The highest BCUT2D eigenvalue weighted by atomic mass is 35.5. The fourth-order valence-corrected chi connectivity index (χ4v) is 4.59. The van der Waals surface area contributed by atoms with Crippen molar-refractivity contribution in [2.24, 2.45) is 16.2 Å². The molecule has 2 aromatic carbocycles. The van der Waals surface area contributed by atoms with Crippen molar-refractivity contribution in [2.45, 2.75) is 20.3 Å². The normalized spacial score (nSPS) is 24.7. The van der Waals surface area contributed by atoms with E-state index in [1.54, 1.807) is 32.0 Å². The van der Waals surface area contributed by atoms with Crippen LogP contribution in [0.1, 0.15) is 19.4 Å². The molecule has 1 aliphatic carbocycles. The molecule has 0 radical (unpaired) electrons. The average Bonchev–Trinajstić information content (AvgIpc) is 3.05. The fourth-order valence-electron chi connectivity index (χ4n) is 4.26. The maximum absolute atomic E-state index is 12.3. The van der Waals surface area contributed by atoms with E-state index < -0.39 is 22.2 Å². The van der Waals surface area contributed by atoms with Crippen LogP contribution in [0, 0.1) is 27.6 Å². The number of carboxylic acids is 1. The van der Waals surface area contributed by atoms with Gasteiger partial charge >= 0.3 is 5.97 Å². The number of allylic oxidation sites excluding steroid dienone is 1. The summed E-state index contributed by atoms with van der Waals surface area (Å²) in [6.45, 7) is 3.50. The van der Waals surface area contributed by atoms with Crippen LogP contribution in [0.25, 0.3) is 0 Å². The summed E-state index contributed by atoms with van der Waals surface area (Å²) in [5, 5.41) is 19.9. The smallest absolute Gasteiger partial charge is 0.312 e. The molecule has 4 nitrogen and oxygen atoms in total. The number of aliphatic carboxylic acids is 1. The number of ether oxygens (including phenoxy) is 1. The Morgan fingerprint density at radius 2 is 1.79 bits per heavy atom. The second-order valence-electron chi connectivity index (χ2n) is 7.43. The van der Waals surface area contributed by atoms with E-state index in [4.69, 9.17) is 27.9 Å². The quantitative estimate of drug-likeness (QED) is 0.631. The van der Waals surface area contributed by atoms with Crippen LogP contribution in [0.15, 0.2) is 65.2 Å². The van der Waals surface area contributed by atoms with Crippen molar-refractivity contribution in [3.63, 3.8) is 0 Å². The lowest BCUT2D eigenvalue weighted by Crippen LogP contribution is -2.26. The highest BCUT2D eigenvalue weighted by Gasteiger charge is 2.86. The number of para-hydroxylation sites is 1. The predicted molar refractivity (Wildman–Crippen MR) is 108 cm³/mol. The third-order valence-corrected chi connectivity index (χ3v) is 6.10. The maximum atomic E-state index is 12.3. The van der Waals surface area contributed by atoms with Crippen LogP contribution in [0.2, 0.25) is 0 Å². The monoisotopic (exact) mass is 415 g/mol. The minimum Gasteiger partial charge on any atom is -0.481 e. The van der Waals surface area contributed by atoms with Gasteiger partial charge in [-0.2, -0.15) is 5.26 Å². The molecule has 1 N–H and O–H groups in total. The second kappa shape index (κ2) is 7.16. The van der Waals surface area contributed by atoms with Crippen molar-refractivity contribution in [3.8, 4) is 17.6 Å². The number of carboxylic acid groups (broad SMARTS) is 1. The second-order valence-corrected chi connectivity index (χ2v) is 8.44. The zero-order valence-corrected chi connectivity index (χ0v) is 17.0. The largest absolute Gasteiger partial charge is 0.481 e. The lowest BCUT2D eigenvalue weighted by molar-refractivity contribution is -0.145. The highest BCUT2D eigenvalue weighted by Crippen LogP contribution is 2.80. The van der Waals surface area contributed by atoms with Gasteiger partial charge in [-0.15, -0.1) is 0 Å². The van der Waals surface area contributed by atoms with Crippen LogP contribution >= 0.6 is 23.2 Å². The van der Waals surface area contributed by atoms with Gasteiger partial charge in [-0.3, -0.25) is 4.79 Å². The molecule has 144 valence electrons. The molecule has 3 rings (SSSR count). The van der Waals surface area contributed by atoms with Crippen LogP contribution in [-0.2, 0) is 11.2 Å². The first-order chi connectivity index (χ1) is 13.2. The summed E-state index contributed by atoms with van der Waals surface area (Å²) < 4.78 is 5.73. The summed E-state index contributed by atoms with van der Waals surface area (Å²) in [6.07, 6.45) is 1.50. The van der Waals surface area contributed by atoms with Crippen molar-refractivity contribution in [1.29, 1.82) is 5.26 Å². The van der Waals surface area contributed by atoms with Gasteiger partial charge in [-0.05, 0) is 42.3 Å². The van der Waals surface area contributed by atoms with Gasteiger partial charge in [0, 0.05) is 5.41 Å². The molecule has 2 atom stereocenters. The van der Waals surface area contributed by atoms with Crippen LogP contribution < -0.4 is 4.74 Å². The molecular formula is C22H19Cl2NO3.